The van der Waals surface area contributed by atoms with Gasteiger partial charge in [0.05, 0.1) is 15.1 Å². The summed E-state index contributed by atoms with van der Waals surface area (Å²) >= 11 is 7.24. The smallest absolute Gasteiger partial charge is 0.258 e. The summed E-state index contributed by atoms with van der Waals surface area (Å²) in [5.74, 6) is 0. The Morgan fingerprint density at radius 2 is 2.10 bits per heavy atom. The van der Waals surface area contributed by atoms with Crippen molar-refractivity contribution in [2.75, 3.05) is 0 Å². The van der Waals surface area contributed by atoms with Crippen LogP contribution in [0.2, 0.25) is 5.15 Å². The van der Waals surface area contributed by atoms with Gasteiger partial charge in [-0.15, -0.1) is 11.3 Å². The number of aromatic nitrogens is 3. The minimum atomic E-state index is -0.564. The summed E-state index contributed by atoms with van der Waals surface area (Å²) in [6, 6.07) is 7.68. The van der Waals surface area contributed by atoms with Gasteiger partial charge in [0.15, 0.2) is 0 Å². The first-order valence-corrected chi connectivity index (χ1v) is 6.83. The van der Waals surface area contributed by atoms with Gasteiger partial charge in [-0.25, -0.2) is 15.0 Å². The van der Waals surface area contributed by atoms with E-state index < -0.39 is 4.92 Å². The molecule has 0 aliphatic rings. The molecule has 2 aromatic heterocycles. The summed E-state index contributed by atoms with van der Waals surface area (Å²) in [5, 5.41) is 11.6. The summed E-state index contributed by atoms with van der Waals surface area (Å²) in [4.78, 5) is 22.5. The molecule has 2 heterocycles. The number of halogens is 1. The molecule has 20 heavy (non-hydrogen) atoms. The Hall–Kier alpha value is -2.12. The second kappa shape index (κ2) is 5.10. The first-order chi connectivity index (χ1) is 9.65. The van der Waals surface area contributed by atoms with Crippen molar-refractivity contribution in [2.24, 2.45) is 0 Å². The quantitative estimate of drug-likeness (QED) is 0.421. The van der Waals surface area contributed by atoms with Crippen LogP contribution < -0.4 is 0 Å². The van der Waals surface area contributed by atoms with Crippen molar-refractivity contribution < 1.29 is 4.92 Å². The standard InChI is InChI=1S/C12H7ClN4O2S/c13-12-11(17(18)19)8(14-6-15-12)5-10-16-7-3-1-2-4-9(7)20-10/h1-4,6H,5H2. The highest BCUT2D eigenvalue weighted by Gasteiger charge is 2.22. The zero-order chi connectivity index (χ0) is 14.1. The fraction of sp³-hybridized carbons (Fsp3) is 0.0833. The predicted octanol–water partition coefficient (Wildman–Crippen LogP) is 3.24. The van der Waals surface area contributed by atoms with E-state index in [4.69, 9.17) is 11.6 Å². The Morgan fingerprint density at radius 3 is 2.85 bits per heavy atom. The van der Waals surface area contributed by atoms with Crippen molar-refractivity contribution in [2.45, 2.75) is 6.42 Å². The van der Waals surface area contributed by atoms with Crippen LogP contribution in [-0.4, -0.2) is 19.9 Å². The Labute approximate surface area is 122 Å². The van der Waals surface area contributed by atoms with E-state index in [2.05, 4.69) is 15.0 Å². The Morgan fingerprint density at radius 1 is 1.30 bits per heavy atom. The van der Waals surface area contributed by atoms with Crippen molar-refractivity contribution in [3.63, 3.8) is 0 Å². The maximum atomic E-state index is 11.0. The number of benzene rings is 1. The average molecular weight is 307 g/mol. The van der Waals surface area contributed by atoms with Gasteiger partial charge in [-0.3, -0.25) is 10.1 Å². The molecular weight excluding hydrogens is 300 g/mol. The van der Waals surface area contributed by atoms with Crippen LogP contribution in [0.1, 0.15) is 10.7 Å². The molecular formula is C12H7ClN4O2S. The summed E-state index contributed by atoms with van der Waals surface area (Å²) in [6.07, 6.45) is 1.48. The maximum absolute atomic E-state index is 11.0. The molecule has 8 heteroatoms. The van der Waals surface area contributed by atoms with Gasteiger partial charge in [0, 0.05) is 6.42 Å². The summed E-state index contributed by atoms with van der Waals surface area (Å²) in [7, 11) is 0. The molecule has 1 aromatic carbocycles. The Balaban J connectivity index is 2.02. The van der Waals surface area contributed by atoms with E-state index in [-0.39, 0.29) is 23.0 Å². The third-order valence-corrected chi connectivity index (χ3v) is 4.01. The molecule has 0 amide bonds. The van der Waals surface area contributed by atoms with Crippen molar-refractivity contribution in [1.82, 2.24) is 15.0 Å². The third-order valence-electron chi connectivity index (χ3n) is 2.69. The molecule has 0 atom stereocenters. The molecule has 0 N–H and O–H groups in total. The zero-order valence-electron chi connectivity index (χ0n) is 9.99. The van der Waals surface area contributed by atoms with Crippen LogP contribution in [0.3, 0.4) is 0 Å². The molecule has 0 fully saturated rings. The van der Waals surface area contributed by atoms with E-state index in [1.54, 1.807) is 0 Å². The van der Waals surface area contributed by atoms with Crippen LogP contribution in [0.15, 0.2) is 30.6 Å². The SMILES string of the molecule is O=[N+]([O-])c1c(Cl)ncnc1Cc1nc2ccccc2s1. The number of hydrogen-bond donors (Lipinski definition) is 0. The topological polar surface area (TPSA) is 81.8 Å². The van der Waals surface area contributed by atoms with Gasteiger partial charge in [-0.2, -0.15) is 0 Å². The van der Waals surface area contributed by atoms with Crippen LogP contribution in [0, 0.1) is 10.1 Å². The zero-order valence-corrected chi connectivity index (χ0v) is 11.6. The fourth-order valence-electron chi connectivity index (χ4n) is 1.84. The molecule has 3 rings (SSSR count). The van der Waals surface area contributed by atoms with Gasteiger partial charge in [0.25, 0.3) is 0 Å². The molecule has 0 radical (unpaired) electrons. The average Bonchev–Trinajstić information content (AvgIpc) is 2.80. The van der Waals surface area contributed by atoms with Gasteiger partial charge in [0.1, 0.15) is 17.0 Å². The molecule has 0 aliphatic carbocycles. The highest BCUT2D eigenvalue weighted by atomic mass is 35.5. The Bertz CT molecular complexity index is 772. The lowest BCUT2D eigenvalue weighted by Gasteiger charge is -2.00. The van der Waals surface area contributed by atoms with Gasteiger partial charge in [-0.1, -0.05) is 23.7 Å². The number of nitrogens with zero attached hydrogens (tertiary/aromatic N) is 4. The molecule has 0 saturated carbocycles. The summed E-state index contributed by atoms with van der Waals surface area (Å²) < 4.78 is 1.03. The monoisotopic (exact) mass is 306 g/mol. The van der Waals surface area contributed by atoms with Crippen LogP contribution >= 0.6 is 22.9 Å². The number of nitro groups is 1. The van der Waals surface area contributed by atoms with E-state index in [1.165, 1.54) is 17.7 Å². The van der Waals surface area contributed by atoms with Crippen LogP contribution in [0.4, 0.5) is 5.69 Å². The summed E-state index contributed by atoms with van der Waals surface area (Å²) in [6.45, 7) is 0. The Kier molecular flexibility index (Phi) is 3.29. The van der Waals surface area contributed by atoms with Crippen LogP contribution in [-0.2, 0) is 6.42 Å². The number of para-hydroxylation sites is 1. The molecule has 0 bridgehead atoms. The van der Waals surface area contributed by atoms with Gasteiger partial charge >= 0.3 is 5.69 Å². The number of thiazole rings is 1. The minimum Gasteiger partial charge on any atom is -0.258 e. The highest BCUT2D eigenvalue weighted by molar-refractivity contribution is 7.18. The van der Waals surface area contributed by atoms with Crippen LogP contribution in [0.5, 0.6) is 0 Å². The molecule has 100 valence electrons. The molecule has 0 unspecified atom stereocenters. The lowest BCUT2D eigenvalue weighted by molar-refractivity contribution is -0.386. The minimum absolute atomic E-state index is 0.152. The second-order valence-electron chi connectivity index (χ2n) is 3.97. The normalized spacial score (nSPS) is 10.8. The van der Waals surface area contributed by atoms with Gasteiger partial charge in [-0.05, 0) is 12.1 Å². The van der Waals surface area contributed by atoms with E-state index >= 15 is 0 Å². The molecule has 0 aliphatic heterocycles. The fourth-order valence-corrected chi connectivity index (χ4v) is 3.03. The van der Waals surface area contributed by atoms with E-state index in [9.17, 15) is 10.1 Å². The predicted molar refractivity (Wildman–Crippen MR) is 76.1 cm³/mol. The van der Waals surface area contributed by atoms with Gasteiger partial charge < -0.3 is 0 Å². The van der Waals surface area contributed by atoms with Crippen molar-refractivity contribution in [1.29, 1.82) is 0 Å². The number of hydrogen-bond acceptors (Lipinski definition) is 6. The summed E-state index contributed by atoms with van der Waals surface area (Å²) in [5.41, 5.74) is 0.887. The molecule has 0 saturated heterocycles. The number of rotatable bonds is 3. The molecule has 0 spiro atoms. The first-order valence-electron chi connectivity index (χ1n) is 5.63. The highest BCUT2D eigenvalue weighted by Crippen LogP contribution is 2.29. The number of fused-ring (bicyclic) bond motifs is 1. The van der Waals surface area contributed by atoms with E-state index in [1.807, 2.05) is 24.3 Å². The maximum Gasteiger partial charge on any atom is 0.328 e. The van der Waals surface area contributed by atoms with Gasteiger partial charge in [0.2, 0.25) is 5.15 Å². The second-order valence-corrected chi connectivity index (χ2v) is 5.44. The van der Waals surface area contributed by atoms with E-state index in [0.717, 1.165) is 15.2 Å². The third kappa shape index (κ3) is 2.33. The molecule has 6 nitrogen and oxygen atoms in total. The lowest BCUT2D eigenvalue weighted by atomic mass is 10.2. The first kappa shape index (κ1) is 12.9. The van der Waals surface area contributed by atoms with E-state index in [0.29, 0.717) is 0 Å². The molecule has 3 aromatic rings. The largest absolute Gasteiger partial charge is 0.328 e. The van der Waals surface area contributed by atoms with Crippen molar-refractivity contribution >= 4 is 38.8 Å². The van der Waals surface area contributed by atoms with Crippen molar-refractivity contribution in [3.05, 3.63) is 56.6 Å². The van der Waals surface area contributed by atoms with Crippen LogP contribution in [0.25, 0.3) is 10.2 Å². The lowest BCUT2D eigenvalue weighted by Crippen LogP contribution is -2.01. The van der Waals surface area contributed by atoms with Crippen molar-refractivity contribution in [3.8, 4) is 0 Å².